The highest BCUT2D eigenvalue weighted by molar-refractivity contribution is 6.07. The maximum absolute atomic E-state index is 12.2. The van der Waals surface area contributed by atoms with Crippen LogP contribution >= 0.6 is 0 Å². The van der Waals surface area contributed by atoms with E-state index in [1.165, 1.54) is 0 Å². The van der Waals surface area contributed by atoms with Crippen molar-refractivity contribution in [2.45, 2.75) is 12.5 Å². The first kappa shape index (κ1) is 14.0. The first-order valence-corrected chi connectivity index (χ1v) is 6.26. The zero-order valence-electron chi connectivity index (χ0n) is 10.7. The summed E-state index contributed by atoms with van der Waals surface area (Å²) in [6, 6.07) is 11.6. The van der Waals surface area contributed by atoms with Gasteiger partial charge in [0.1, 0.15) is 6.04 Å². The van der Waals surface area contributed by atoms with Crippen molar-refractivity contribution in [3.05, 3.63) is 48.0 Å². The summed E-state index contributed by atoms with van der Waals surface area (Å²) in [7, 11) is 0. The van der Waals surface area contributed by atoms with E-state index in [2.05, 4.69) is 5.32 Å². The molecule has 3 N–H and O–H groups in total. The fraction of sp³-hybridized carbons (Fsp3) is 0.200. The second-order valence-corrected chi connectivity index (χ2v) is 4.40. The number of aliphatic carboxylic acids is 1. The second kappa shape index (κ2) is 6.16. The number of aliphatic hydroxyl groups is 1. The average Bonchev–Trinajstić information content (AvgIpc) is 2.46. The molecule has 0 bridgehead atoms. The Bertz CT molecular complexity index is 633. The van der Waals surface area contributed by atoms with Gasteiger partial charge in [0.2, 0.25) is 0 Å². The highest BCUT2D eigenvalue weighted by Crippen LogP contribution is 2.18. The van der Waals surface area contributed by atoms with E-state index in [9.17, 15) is 9.59 Å². The van der Waals surface area contributed by atoms with Crippen molar-refractivity contribution < 1.29 is 19.8 Å². The highest BCUT2D eigenvalue weighted by Gasteiger charge is 2.20. The molecule has 0 saturated heterocycles. The minimum Gasteiger partial charge on any atom is -0.480 e. The summed E-state index contributed by atoms with van der Waals surface area (Å²) in [4.78, 5) is 23.2. The van der Waals surface area contributed by atoms with E-state index in [1.807, 2.05) is 30.3 Å². The van der Waals surface area contributed by atoms with Crippen LogP contribution < -0.4 is 5.32 Å². The molecule has 0 spiro atoms. The van der Waals surface area contributed by atoms with E-state index >= 15 is 0 Å². The Morgan fingerprint density at radius 1 is 1.10 bits per heavy atom. The van der Waals surface area contributed by atoms with Gasteiger partial charge in [0, 0.05) is 18.6 Å². The average molecular weight is 273 g/mol. The van der Waals surface area contributed by atoms with Crippen molar-refractivity contribution in [1.29, 1.82) is 0 Å². The largest absolute Gasteiger partial charge is 0.480 e. The van der Waals surface area contributed by atoms with Crippen LogP contribution in [0.2, 0.25) is 0 Å². The quantitative estimate of drug-likeness (QED) is 0.768. The second-order valence-electron chi connectivity index (χ2n) is 4.40. The van der Waals surface area contributed by atoms with Crippen molar-refractivity contribution in [3.8, 4) is 0 Å². The molecule has 104 valence electrons. The van der Waals surface area contributed by atoms with Crippen LogP contribution in [-0.4, -0.2) is 34.7 Å². The minimum atomic E-state index is -1.16. The lowest BCUT2D eigenvalue weighted by Crippen LogP contribution is -2.41. The Balaban J connectivity index is 2.29. The number of benzene rings is 2. The number of amides is 1. The summed E-state index contributed by atoms with van der Waals surface area (Å²) in [5.41, 5.74) is 0.423. The zero-order chi connectivity index (χ0) is 14.5. The third-order valence-corrected chi connectivity index (χ3v) is 3.06. The molecule has 2 aromatic rings. The van der Waals surface area contributed by atoms with Crippen LogP contribution in [0.5, 0.6) is 0 Å². The van der Waals surface area contributed by atoms with E-state index in [0.29, 0.717) is 5.56 Å². The van der Waals surface area contributed by atoms with Crippen molar-refractivity contribution in [3.63, 3.8) is 0 Å². The van der Waals surface area contributed by atoms with Gasteiger partial charge in [-0.05, 0) is 16.8 Å². The number of aliphatic hydroxyl groups excluding tert-OH is 1. The lowest BCUT2D eigenvalue weighted by molar-refractivity contribution is -0.139. The van der Waals surface area contributed by atoms with E-state index in [4.69, 9.17) is 10.2 Å². The van der Waals surface area contributed by atoms with Crippen LogP contribution in [0.15, 0.2) is 42.5 Å². The van der Waals surface area contributed by atoms with Crippen LogP contribution in [0, 0.1) is 0 Å². The summed E-state index contributed by atoms with van der Waals surface area (Å²) in [5, 5.41) is 21.9. The van der Waals surface area contributed by atoms with Gasteiger partial charge in [0.15, 0.2) is 0 Å². The minimum absolute atomic E-state index is 0.0220. The SMILES string of the molecule is O=C(N[C@H](CCO)C(=O)O)c1cccc2ccccc12. The molecular formula is C15H15NO4. The molecule has 2 rings (SSSR count). The molecule has 0 fully saturated rings. The van der Waals surface area contributed by atoms with Crippen molar-refractivity contribution in [2.24, 2.45) is 0 Å². The Kier molecular flexibility index (Phi) is 4.32. The number of carbonyl (C=O) groups excluding carboxylic acids is 1. The van der Waals surface area contributed by atoms with Crippen LogP contribution in [0.25, 0.3) is 10.8 Å². The van der Waals surface area contributed by atoms with Gasteiger partial charge in [-0.1, -0.05) is 36.4 Å². The van der Waals surface area contributed by atoms with Crippen LogP contribution in [0.3, 0.4) is 0 Å². The van der Waals surface area contributed by atoms with Gasteiger partial charge in [0.05, 0.1) is 0 Å². The number of hydrogen-bond acceptors (Lipinski definition) is 3. The van der Waals surface area contributed by atoms with E-state index < -0.39 is 17.9 Å². The number of carboxylic acids is 1. The molecule has 2 aromatic carbocycles. The molecule has 0 aliphatic rings. The number of nitrogens with one attached hydrogen (secondary N) is 1. The number of hydrogen-bond donors (Lipinski definition) is 3. The highest BCUT2D eigenvalue weighted by atomic mass is 16.4. The summed E-state index contributed by atoms with van der Waals surface area (Å²) < 4.78 is 0. The third-order valence-electron chi connectivity index (χ3n) is 3.06. The van der Waals surface area contributed by atoms with Crippen LogP contribution in [-0.2, 0) is 4.79 Å². The predicted octanol–water partition coefficient (Wildman–Crippen LogP) is 1.41. The zero-order valence-corrected chi connectivity index (χ0v) is 10.7. The molecular weight excluding hydrogens is 258 g/mol. The first-order chi connectivity index (χ1) is 9.63. The maximum atomic E-state index is 12.2. The van der Waals surface area contributed by atoms with Crippen LogP contribution in [0.1, 0.15) is 16.8 Å². The topological polar surface area (TPSA) is 86.6 Å². The Morgan fingerprint density at radius 2 is 1.80 bits per heavy atom. The lowest BCUT2D eigenvalue weighted by Gasteiger charge is -2.14. The standard InChI is InChI=1S/C15H15NO4/c17-9-8-13(15(19)20)16-14(18)12-7-3-5-10-4-1-2-6-11(10)12/h1-7,13,17H,8-9H2,(H,16,18)(H,19,20)/t13-/m1/s1. The number of carbonyl (C=O) groups is 2. The fourth-order valence-corrected chi connectivity index (χ4v) is 2.05. The molecule has 0 radical (unpaired) electrons. The smallest absolute Gasteiger partial charge is 0.326 e. The number of rotatable bonds is 5. The fourth-order valence-electron chi connectivity index (χ4n) is 2.05. The van der Waals surface area contributed by atoms with Gasteiger partial charge in [-0.25, -0.2) is 4.79 Å². The monoisotopic (exact) mass is 273 g/mol. The molecule has 5 nitrogen and oxygen atoms in total. The van der Waals surface area contributed by atoms with Gasteiger partial charge in [-0.3, -0.25) is 4.79 Å². The normalized spacial score (nSPS) is 12.1. The molecule has 0 heterocycles. The molecule has 0 unspecified atom stereocenters. The van der Waals surface area contributed by atoms with Gasteiger partial charge in [0.25, 0.3) is 5.91 Å². The van der Waals surface area contributed by atoms with Crippen molar-refractivity contribution >= 4 is 22.6 Å². The number of fused-ring (bicyclic) bond motifs is 1. The molecule has 0 aliphatic heterocycles. The summed E-state index contributed by atoms with van der Waals surface area (Å²) >= 11 is 0. The van der Waals surface area contributed by atoms with E-state index in [-0.39, 0.29) is 13.0 Å². The molecule has 1 atom stereocenters. The Labute approximate surface area is 115 Å². The van der Waals surface area contributed by atoms with Crippen molar-refractivity contribution in [1.82, 2.24) is 5.32 Å². The summed E-state index contributed by atoms with van der Waals surface area (Å²) in [6.07, 6.45) is -0.0220. The van der Waals surface area contributed by atoms with Gasteiger partial charge >= 0.3 is 5.97 Å². The molecule has 0 aliphatic carbocycles. The summed E-state index contributed by atoms with van der Waals surface area (Å²) in [6.45, 7) is -0.299. The van der Waals surface area contributed by atoms with Gasteiger partial charge in [-0.2, -0.15) is 0 Å². The Morgan fingerprint density at radius 3 is 2.50 bits per heavy atom. The Hall–Kier alpha value is -2.40. The molecule has 1 amide bonds. The third kappa shape index (κ3) is 2.95. The molecule has 5 heteroatoms. The predicted molar refractivity (Wildman–Crippen MR) is 74.5 cm³/mol. The lowest BCUT2D eigenvalue weighted by atomic mass is 10.0. The summed E-state index contributed by atoms with van der Waals surface area (Å²) in [5.74, 6) is -1.62. The maximum Gasteiger partial charge on any atom is 0.326 e. The first-order valence-electron chi connectivity index (χ1n) is 6.26. The van der Waals surface area contributed by atoms with Crippen molar-refractivity contribution in [2.75, 3.05) is 6.61 Å². The molecule has 0 saturated carbocycles. The van der Waals surface area contributed by atoms with Crippen LogP contribution in [0.4, 0.5) is 0 Å². The van der Waals surface area contributed by atoms with E-state index in [0.717, 1.165) is 10.8 Å². The van der Waals surface area contributed by atoms with E-state index in [1.54, 1.807) is 12.1 Å². The number of carboxylic acid groups (broad SMARTS) is 1. The van der Waals surface area contributed by atoms with Gasteiger partial charge in [-0.15, -0.1) is 0 Å². The molecule has 0 aromatic heterocycles. The van der Waals surface area contributed by atoms with Gasteiger partial charge < -0.3 is 15.5 Å². The molecule has 20 heavy (non-hydrogen) atoms.